The number of nitrogens with zero attached hydrogens (tertiary/aromatic N) is 2. The minimum atomic E-state index is -0.376. The molecule has 0 saturated carbocycles. The third-order valence-corrected chi connectivity index (χ3v) is 7.62. The number of fused-ring (bicyclic) bond motifs is 2. The molecular weight excluding hydrogens is 495 g/mol. The van der Waals surface area contributed by atoms with Crippen molar-refractivity contribution in [3.63, 3.8) is 0 Å². The average molecular weight is 519 g/mol. The van der Waals surface area contributed by atoms with Gasteiger partial charge in [-0.3, -0.25) is 9.59 Å². The first-order valence-electron chi connectivity index (χ1n) is 11.4. The van der Waals surface area contributed by atoms with Crippen molar-refractivity contribution in [1.82, 2.24) is 14.9 Å². The summed E-state index contributed by atoms with van der Waals surface area (Å²) in [6, 6.07) is 19.5. The van der Waals surface area contributed by atoms with Crippen LogP contribution < -0.4 is 10.6 Å². The standard InChI is InChI=1S/C27H23FN4O2S2/c1-17-6-11-21-23(14-17)36-27(30-21)31-25(33)16-35-24-15-32(22-5-3-2-4-20(22)24)13-12-29-26(34)18-7-9-19(28)10-8-18/h2-11,14-15H,12-13,16H2,1H3,(H,29,34)(H,30,31,33). The molecule has 0 radical (unpaired) electrons. The lowest BCUT2D eigenvalue weighted by molar-refractivity contribution is -0.113. The monoisotopic (exact) mass is 518 g/mol. The second-order valence-electron chi connectivity index (χ2n) is 8.29. The highest BCUT2D eigenvalue weighted by Gasteiger charge is 2.13. The van der Waals surface area contributed by atoms with E-state index in [4.69, 9.17) is 0 Å². The highest BCUT2D eigenvalue weighted by molar-refractivity contribution is 8.00. The van der Waals surface area contributed by atoms with Crippen LogP contribution in [0.15, 0.2) is 77.8 Å². The Morgan fingerprint density at radius 3 is 2.72 bits per heavy atom. The van der Waals surface area contributed by atoms with E-state index in [-0.39, 0.29) is 23.4 Å². The maximum Gasteiger partial charge on any atom is 0.251 e. The topological polar surface area (TPSA) is 76.0 Å². The molecular formula is C27H23FN4O2S2. The lowest BCUT2D eigenvalue weighted by atomic mass is 10.2. The molecule has 2 amide bonds. The number of para-hydroxylation sites is 1. The highest BCUT2D eigenvalue weighted by Crippen LogP contribution is 2.31. The van der Waals surface area contributed by atoms with Gasteiger partial charge in [-0.25, -0.2) is 9.37 Å². The van der Waals surface area contributed by atoms with Crippen LogP contribution >= 0.6 is 23.1 Å². The lowest BCUT2D eigenvalue weighted by Gasteiger charge is -2.07. The predicted octanol–water partition coefficient (Wildman–Crippen LogP) is 5.86. The Morgan fingerprint density at radius 2 is 1.89 bits per heavy atom. The van der Waals surface area contributed by atoms with Crippen LogP contribution in [0.2, 0.25) is 0 Å². The first kappa shape index (κ1) is 24.0. The second kappa shape index (κ2) is 10.5. The lowest BCUT2D eigenvalue weighted by Crippen LogP contribution is -2.27. The molecule has 0 atom stereocenters. The van der Waals surface area contributed by atoms with Crippen molar-refractivity contribution in [3.05, 3.63) is 89.9 Å². The zero-order valence-electron chi connectivity index (χ0n) is 19.5. The van der Waals surface area contributed by atoms with Gasteiger partial charge in [0.25, 0.3) is 5.91 Å². The minimum absolute atomic E-state index is 0.112. The SMILES string of the molecule is Cc1ccc2nc(NC(=O)CSc3cn(CCNC(=O)c4ccc(F)cc4)c4ccccc34)sc2c1. The fourth-order valence-corrected chi connectivity index (χ4v) is 5.76. The second-order valence-corrected chi connectivity index (χ2v) is 10.3. The van der Waals surface area contributed by atoms with Crippen LogP contribution in [0.1, 0.15) is 15.9 Å². The van der Waals surface area contributed by atoms with Crippen LogP contribution in [0.5, 0.6) is 0 Å². The van der Waals surface area contributed by atoms with Crippen molar-refractivity contribution >= 4 is 61.2 Å². The number of thioether (sulfide) groups is 1. The number of hydrogen-bond acceptors (Lipinski definition) is 5. The van der Waals surface area contributed by atoms with Gasteiger partial charge < -0.3 is 15.2 Å². The van der Waals surface area contributed by atoms with Crippen molar-refractivity contribution in [2.24, 2.45) is 0 Å². The van der Waals surface area contributed by atoms with Gasteiger partial charge in [-0.1, -0.05) is 35.6 Å². The Labute approximate surface area is 215 Å². The summed E-state index contributed by atoms with van der Waals surface area (Å²) in [5.74, 6) is -0.481. The van der Waals surface area contributed by atoms with Gasteiger partial charge in [0.1, 0.15) is 5.82 Å². The van der Waals surface area contributed by atoms with E-state index in [1.165, 1.54) is 47.4 Å². The Bertz CT molecular complexity index is 1560. The van der Waals surface area contributed by atoms with Crippen molar-refractivity contribution in [1.29, 1.82) is 0 Å². The summed E-state index contributed by atoms with van der Waals surface area (Å²) in [7, 11) is 0. The van der Waals surface area contributed by atoms with Crippen LogP contribution in [0.4, 0.5) is 9.52 Å². The number of nitrogens with one attached hydrogen (secondary N) is 2. The molecule has 182 valence electrons. The number of anilines is 1. The van der Waals surface area contributed by atoms with E-state index in [0.717, 1.165) is 31.6 Å². The van der Waals surface area contributed by atoms with E-state index in [2.05, 4.69) is 26.3 Å². The van der Waals surface area contributed by atoms with Gasteiger partial charge in [-0.15, -0.1) is 11.8 Å². The van der Waals surface area contributed by atoms with E-state index in [0.29, 0.717) is 23.8 Å². The molecule has 3 aromatic carbocycles. The van der Waals surface area contributed by atoms with Crippen molar-refractivity contribution in [2.45, 2.75) is 18.4 Å². The summed E-state index contributed by atoms with van der Waals surface area (Å²) in [6.07, 6.45) is 2.01. The van der Waals surface area contributed by atoms with Crippen LogP contribution in [-0.2, 0) is 11.3 Å². The Kier molecular flexibility index (Phi) is 7.02. The zero-order chi connectivity index (χ0) is 25.1. The number of thiazole rings is 1. The molecule has 36 heavy (non-hydrogen) atoms. The van der Waals surface area contributed by atoms with Gasteiger partial charge in [0.2, 0.25) is 5.91 Å². The molecule has 0 bridgehead atoms. The molecule has 0 saturated heterocycles. The molecule has 2 heterocycles. The van der Waals surface area contributed by atoms with E-state index < -0.39 is 0 Å². The Hall–Kier alpha value is -3.69. The highest BCUT2D eigenvalue weighted by atomic mass is 32.2. The molecule has 5 rings (SSSR count). The average Bonchev–Trinajstić information content (AvgIpc) is 3.43. The fourth-order valence-electron chi connectivity index (χ4n) is 3.89. The third kappa shape index (κ3) is 5.42. The Morgan fingerprint density at radius 1 is 1.08 bits per heavy atom. The molecule has 2 aromatic heterocycles. The molecule has 2 N–H and O–H groups in total. The minimum Gasteiger partial charge on any atom is -0.350 e. The number of aryl methyl sites for hydroxylation is 1. The molecule has 5 aromatic rings. The molecule has 0 aliphatic rings. The van der Waals surface area contributed by atoms with Crippen molar-refractivity contribution in [2.75, 3.05) is 17.6 Å². The summed E-state index contributed by atoms with van der Waals surface area (Å²) in [6.45, 7) is 3.01. The maximum atomic E-state index is 13.1. The Balaban J connectivity index is 1.21. The largest absolute Gasteiger partial charge is 0.350 e. The quantitative estimate of drug-likeness (QED) is 0.252. The zero-order valence-corrected chi connectivity index (χ0v) is 21.1. The molecule has 0 unspecified atom stereocenters. The number of benzene rings is 3. The predicted molar refractivity (Wildman–Crippen MR) is 144 cm³/mol. The van der Waals surface area contributed by atoms with Crippen molar-refractivity contribution in [3.8, 4) is 0 Å². The van der Waals surface area contributed by atoms with E-state index in [1.807, 2.05) is 49.5 Å². The van der Waals surface area contributed by atoms with Gasteiger partial charge in [0, 0.05) is 40.6 Å². The smallest absolute Gasteiger partial charge is 0.251 e. The molecule has 0 aliphatic heterocycles. The van der Waals surface area contributed by atoms with E-state index in [1.54, 1.807) is 0 Å². The fraction of sp³-hybridized carbons (Fsp3) is 0.148. The van der Waals surface area contributed by atoms with Gasteiger partial charge >= 0.3 is 0 Å². The number of hydrogen-bond donors (Lipinski definition) is 2. The number of carbonyl (C=O) groups is 2. The summed E-state index contributed by atoms with van der Waals surface area (Å²) in [5, 5.41) is 7.43. The van der Waals surface area contributed by atoms with Crippen LogP contribution in [0.25, 0.3) is 21.1 Å². The number of halogens is 1. The van der Waals surface area contributed by atoms with E-state index in [9.17, 15) is 14.0 Å². The summed E-state index contributed by atoms with van der Waals surface area (Å²) < 4.78 is 16.2. The number of amides is 2. The third-order valence-electron chi connectivity index (χ3n) is 5.65. The molecule has 0 aliphatic carbocycles. The molecule has 9 heteroatoms. The number of aromatic nitrogens is 2. The first-order valence-corrected chi connectivity index (χ1v) is 13.2. The van der Waals surface area contributed by atoms with Crippen LogP contribution in [0.3, 0.4) is 0 Å². The van der Waals surface area contributed by atoms with Crippen LogP contribution in [-0.4, -0.2) is 33.7 Å². The van der Waals surface area contributed by atoms with E-state index >= 15 is 0 Å². The summed E-state index contributed by atoms with van der Waals surface area (Å²) in [5.41, 5.74) is 3.48. The molecule has 0 fully saturated rings. The van der Waals surface area contributed by atoms with Gasteiger partial charge in [-0.05, 0) is 55.0 Å². The molecule has 0 spiro atoms. The normalized spacial score (nSPS) is 11.2. The van der Waals surface area contributed by atoms with Gasteiger partial charge in [-0.2, -0.15) is 0 Å². The number of rotatable bonds is 8. The number of carbonyl (C=O) groups excluding carboxylic acids is 2. The first-order chi connectivity index (χ1) is 17.5. The summed E-state index contributed by atoms with van der Waals surface area (Å²) >= 11 is 2.94. The van der Waals surface area contributed by atoms with Crippen molar-refractivity contribution < 1.29 is 14.0 Å². The van der Waals surface area contributed by atoms with Gasteiger partial charge in [0.15, 0.2) is 5.13 Å². The summed E-state index contributed by atoms with van der Waals surface area (Å²) in [4.78, 5) is 30.4. The molecule has 6 nitrogen and oxygen atoms in total. The van der Waals surface area contributed by atoms with Gasteiger partial charge in [0.05, 0.1) is 16.0 Å². The van der Waals surface area contributed by atoms with Crippen LogP contribution in [0, 0.1) is 12.7 Å². The maximum absolute atomic E-state index is 13.1.